The van der Waals surface area contributed by atoms with Crippen molar-refractivity contribution >= 4 is 23.3 Å². The van der Waals surface area contributed by atoms with Gasteiger partial charge in [0.2, 0.25) is 0 Å². The van der Waals surface area contributed by atoms with Crippen LogP contribution in [0.5, 0.6) is 0 Å². The molecule has 2 saturated heterocycles. The first-order valence-electron chi connectivity index (χ1n) is 5.26. The number of nitrogens with one attached hydrogen (secondary N) is 1. The average molecular weight is 242 g/mol. The van der Waals surface area contributed by atoms with E-state index in [-0.39, 0.29) is 5.60 Å². The quantitative estimate of drug-likeness (QED) is 0.812. The van der Waals surface area contributed by atoms with Gasteiger partial charge in [0.15, 0.2) is 0 Å². The largest absolute Gasteiger partial charge is 0.371 e. The fourth-order valence-electron chi connectivity index (χ4n) is 2.36. The molecule has 3 rings (SSSR count). The molecule has 2 aliphatic rings. The Morgan fingerprint density at radius 1 is 1.60 bits per heavy atom. The molecule has 15 heavy (non-hydrogen) atoms. The number of aromatic nitrogens is 1. The first-order valence-corrected chi connectivity index (χ1v) is 7.19. The van der Waals surface area contributed by atoms with Crippen LogP contribution in [0.1, 0.15) is 17.3 Å². The van der Waals surface area contributed by atoms with Crippen LogP contribution in [0.15, 0.2) is 12.3 Å². The lowest BCUT2D eigenvalue weighted by atomic mass is 9.90. The van der Waals surface area contributed by atoms with E-state index in [2.05, 4.69) is 15.8 Å². The summed E-state index contributed by atoms with van der Waals surface area (Å²) in [6, 6.07) is 2.47. The Bertz CT molecular complexity index is 322. The van der Waals surface area contributed by atoms with E-state index >= 15 is 0 Å². The molecule has 0 aliphatic carbocycles. The Kier molecular flexibility index (Phi) is 2.72. The third kappa shape index (κ3) is 1.71. The maximum atomic E-state index is 6.06. The number of morpholine rings is 1. The third-order valence-corrected chi connectivity index (χ3v) is 5.12. The Morgan fingerprint density at radius 3 is 3.33 bits per heavy atom. The lowest BCUT2D eigenvalue weighted by Gasteiger charge is -2.40. The summed E-state index contributed by atoms with van der Waals surface area (Å²) in [5.41, 5.74) is 0.0372. The highest BCUT2D eigenvalue weighted by atomic mass is 32.2. The van der Waals surface area contributed by atoms with Gasteiger partial charge in [-0.3, -0.25) is 0 Å². The minimum absolute atomic E-state index is 0.0372. The second-order valence-corrected chi connectivity index (χ2v) is 5.99. The highest BCUT2D eigenvalue weighted by molar-refractivity contribution is 7.99. The normalized spacial score (nSPS) is 36.1. The molecule has 1 aromatic heterocycles. The molecule has 2 unspecified atom stereocenters. The van der Waals surface area contributed by atoms with Crippen molar-refractivity contribution in [1.29, 1.82) is 0 Å². The summed E-state index contributed by atoms with van der Waals surface area (Å²) >= 11 is 3.59. The van der Waals surface area contributed by atoms with E-state index in [0.717, 1.165) is 25.3 Å². The lowest BCUT2D eigenvalue weighted by Crippen LogP contribution is -2.52. The highest BCUT2D eigenvalue weighted by Gasteiger charge is 2.46. The van der Waals surface area contributed by atoms with Crippen LogP contribution in [-0.4, -0.2) is 34.6 Å². The number of nitrogens with zero attached hydrogens (tertiary/aromatic N) is 1. The van der Waals surface area contributed by atoms with Crippen LogP contribution in [0, 0.1) is 0 Å². The zero-order valence-corrected chi connectivity index (χ0v) is 10.1. The maximum absolute atomic E-state index is 6.06. The zero-order valence-electron chi connectivity index (χ0n) is 8.44. The molecule has 0 saturated carbocycles. The summed E-state index contributed by atoms with van der Waals surface area (Å²) in [5.74, 6) is 2.33. The van der Waals surface area contributed by atoms with Crippen LogP contribution in [0.2, 0.25) is 0 Å². The van der Waals surface area contributed by atoms with E-state index in [9.17, 15) is 0 Å². The second kappa shape index (κ2) is 4.05. The number of hydrogen-bond donors (Lipinski definition) is 1. The molecule has 3 nitrogen and oxygen atoms in total. The van der Waals surface area contributed by atoms with Crippen molar-refractivity contribution in [3.8, 4) is 0 Å². The van der Waals surface area contributed by atoms with E-state index in [1.807, 2.05) is 18.0 Å². The molecule has 2 aliphatic heterocycles. The molecule has 0 aromatic carbocycles. The van der Waals surface area contributed by atoms with E-state index in [1.165, 1.54) is 10.6 Å². The third-order valence-electron chi connectivity index (χ3n) is 3.12. The molecule has 2 atom stereocenters. The topological polar surface area (TPSA) is 34.1 Å². The van der Waals surface area contributed by atoms with Crippen molar-refractivity contribution in [2.24, 2.45) is 0 Å². The summed E-state index contributed by atoms with van der Waals surface area (Å²) in [6.07, 6.45) is 3.04. The Labute approximate surface area is 97.8 Å². The standard InChI is InChI=1S/C10H14N2OS2/c1-3-12-15-8(1)9-10(2-6-14-7-10)13-5-4-11-9/h1,3,9,11H,2,4-7H2. The second-order valence-electron chi connectivity index (χ2n) is 4.02. The van der Waals surface area contributed by atoms with E-state index < -0.39 is 0 Å². The van der Waals surface area contributed by atoms with Crippen LogP contribution in [0.3, 0.4) is 0 Å². The van der Waals surface area contributed by atoms with Crippen molar-refractivity contribution in [1.82, 2.24) is 9.69 Å². The number of rotatable bonds is 1. The monoisotopic (exact) mass is 242 g/mol. The molecular weight excluding hydrogens is 228 g/mol. The van der Waals surface area contributed by atoms with E-state index in [1.54, 1.807) is 11.5 Å². The van der Waals surface area contributed by atoms with Crippen molar-refractivity contribution in [2.75, 3.05) is 24.7 Å². The molecule has 3 heterocycles. The first-order chi connectivity index (χ1) is 7.41. The van der Waals surface area contributed by atoms with Gasteiger partial charge < -0.3 is 10.1 Å². The van der Waals surface area contributed by atoms with Gasteiger partial charge in [-0.15, -0.1) is 0 Å². The number of thioether (sulfide) groups is 1. The minimum atomic E-state index is 0.0372. The van der Waals surface area contributed by atoms with Gasteiger partial charge in [0.1, 0.15) is 0 Å². The van der Waals surface area contributed by atoms with Crippen LogP contribution >= 0.6 is 23.3 Å². The molecule has 1 N–H and O–H groups in total. The van der Waals surface area contributed by atoms with Gasteiger partial charge in [-0.1, -0.05) is 0 Å². The lowest BCUT2D eigenvalue weighted by molar-refractivity contribution is -0.0787. The van der Waals surface area contributed by atoms with Crippen molar-refractivity contribution in [3.05, 3.63) is 17.1 Å². The molecule has 82 valence electrons. The van der Waals surface area contributed by atoms with Crippen molar-refractivity contribution in [2.45, 2.75) is 18.1 Å². The molecule has 5 heteroatoms. The Hall–Kier alpha value is -0.100. The molecule has 0 bridgehead atoms. The van der Waals surface area contributed by atoms with Gasteiger partial charge in [0.05, 0.1) is 18.2 Å². The van der Waals surface area contributed by atoms with Crippen LogP contribution in [0.4, 0.5) is 0 Å². The van der Waals surface area contributed by atoms with E-state index in [0.29, 0.717) is 6.04 Å². The SMILES string of the molecule is c1cc(C2NCCOC23CCSC3)sn1. The average Bonchev–Trinajstić information content (AvgIpc) is 2.90. The van der Waals surface area contributed by atoms with Gasteiger partial charge in [-0.25, -0.2) is 4.37 Å². The predicted molar refractivity (Wildman–Crippen MR) is 63.5 cm³/mol. The smallest absolute Gasteiger partial charge is 0.0983 e. The molecule has 1 aromatic rings. The van der Waals surface area contributed by atoms with E-state index in [4.69, 9.17) is 4.74 Å². The van der Waals surface area contributed by atoms with Crippen LogP contribution in [-0.2, 0) is 4.74 Å². The fraction of sp³-hybridized carbons (Fsp3) is 0.700. The van der Waals surface area contributed by atoms with Gasteiger partial charge in [0.25, 0.3) is 0 Å². The maximum Gasteiger partial charge on any atom is 0.0983 e. The summed E-state index contributed by atoms with van der Waals surface area (Å²) in [4.78, 5) is 1.32. The number of ether oxygens (including phenoxy) is 1. The number of hydrogen-bond acceptors (Lipinski definition) is 5. The summed E-state index contributed by atoms with van der Waals surface area (Å²) in [5, 5.41) is 3.59. The molecule has 0 amide bonds. The Balaban J connectivity index is 1.90. The van der Waals surface area contributed by atoms with Gasteiger partial charge in [-0.05, 0) is 29.8 Å². The summed E-state index contributed by atoms with van der Waals surface area (Å²) < 4.78 is 10.2. The molecule has 0 radical (unpaired) electrons. The summed E-state index contributed by atoms with van der Waals surface area (Å²) in [7, 11) is 0. The highest BCUT2D eigenvalue weighted by Crippen LogP contribution is 2.43. The predicted octanol–water partition coefficient (Wildman–Crippen LogP) is 1.68. The Morgan fingerprint density at radius 2 is 2.60 bits per heavy atom. The van der Waals surface area contributed by atoms with Gasteiger partial charge in [0, 0.05) is 23.4 Å². The van der Waals surface area contributed by atoms with Crippen LogP contribution in [0.25, 0.3) is 0 Å². The first kappa shape index (κ1) is 10.1. The van der Waals surface area contributed by atoms with Crippen molar-refractivity contribution < 1.29 is 4.74 Å². The molecular formula is C10H14N2OS2. The van der Waals surface area contributed by atoms with Crippen LogP contribution < -0.4 is 5.32 Å². The molecule has 1 spiro atoms. The summed E-state index contributed by atoms with van der Waals surface area (Å²) in [6.45, 7) is 1.80. The minimum Gasteiger partial charge on any atom is -0.371 e. The van der Waals surface area contributed by atoms with Gasteiger partial charge in [-0.2, -0.15) is 11.8 Å². The van der Waals surface area contributed by atoms with Crippen molar-refractivity contribution in [3.63, 3.8) is 0 Å². The zero-order chi connectivity index (χ0) is 10.1. The fourth-order valence-corrected chi connectivity index (χ4v) is 4.51. The molecule has 2 fully saturated rings. The van der Waals surface area contributed by atoms with Gasteiger partial charge >= 0.3 is 0 Å².